The van der Waals surface area contributed by atoms with Crippen LogP contribution in [0.25, 0.3) is 0 Å². The normalized spacial score (nSPS) is 13.8. The summed E-state index contributed by atoms with van der Waals surface area (Å²) in [6.07, 6.45) is 0.754. The highest BCUT2D eigenvalue weighted by molar-refractivity contribution is 5.81. The average Bonchev–Trinajstić information content (AvgIpc) is 2.70. The standard InChI is InChI=1S/C22H26N2O3/c1-3-7-20(23-21(16(2)25)22(26)24-27)19-14-12-18(13-15-19)11-10-17-8-5-4-6-9-17/h4-6,8-9,12-16,20-21,23,25,27H,3,7H2,1-2H3,(H,24,26)/t16-,20?,21+/m1/s1. The van der Waals surface area contributed by atoms with E-state index in [1.54, 1.807) is 5.48 Å². The Hall–Kier alpha value is -2.65. The molecule has 1 unspecified atom stereocenters. The van der Waals surface area contributed by atoms with E-state index in [1.807, 2.05) is 54.6 Å². The molecule has 0 aliphatic carbocycles. The summed E-state index contributed by atoms with van der Waals surface area (Å²) in [5, 5.41) is 21.9. The number of hydrogen-bond acceptors (Lipinski definition) is 4. The highest BCUT2D eigenvalue weighted by atomic mass is 16.5. The van der Waals surface area contributed by atoms with Crippen LogP contribution in [0.4, 0.5) is 0 Å². The van der Waals surface area contributed by atoms with Crippen LogP contribution in [0.3, 0.4) is 0 Å². The third kappa shape index (κ3) is 6.22. The minimum absolute atomic E-state index is 0.122. The van der Waals surface area contributed by atoms with Gasteiger partial charge < -0.3 is 5.11 Å². The van der Waals surface area contributed by atoms with Crippen LogP contribution in [0.15, 0.2) is 54.6 Å². The van der Waals surface area contributed by atoms with Crippen molar-refractivity contribution in [3.63, 3.8) is 0 Å². The SMILES string of the molecule is CCCC(N[C@H](C(=O)NO)[C@@H](C)O)c1ccc(C#Cc2ccccc2)cc1. The molecule has 2 aromatic carbocycles. The largest absolute Gasteiger partial charge is 0.391 e. The van der Waals surface area contributed by atoms with Crippen molar-refractivity contribution in [1.29, 1.82) is 0 Å². The van der Waals surface area contributed by atoms with Gasteiger partial charge in [0.15, 0.2) is 0 Å². The molecule has 0 aliphatic heterocycles. The predicted molar refractivity (Wildman–Crippen MR) is 105 cm³/mol. The summed E-state index contributed by atoms with van der Waals surface area (Å²) in [4.78, 5) is 11.8. The molecule has 0 aliphatic rings. The van der Waals surface area contributed by atoms with Gasteiger partial charge in [0.2, 0.25) is 0 Å². The second-order valence-corrected chi connectivity index (χ2v) is 6.44. The molecule has 0 spiro atoms. The quantitative estimate of drug-likeness (QED) is 0.345. The molecule has 3 atom stereocenters. The molecule has 0 aromatic heterocycles. The summed E-state index contributed by atoms with van der Waals surface area (Å²) in [7, 11) is 0. The zero-order valence-corrected chi connectivity index (χ0v) is 15.6. The van der Waals surface area contributed by atoms with Crippen LogP contribution in [-0.2, 0) is 4.79 Å². The third-order valence-corrected chi connectivity index (χ3v) is 4.27. The summed E-state index contributed by atoms with van der Waals surface area (Å²) in [5.74, 6) is 5.61. The molecule has 2 rings (SSSR count). The molecule has 142 valence electrons. The first-order chi connectivity index (χ1) is 13.0. The number of amides is 1. The Bertz CT molecular complexity index is 777. The van der Waals surface area contributed by atoms with Crippen LogP contribution in [0.5, 0.6) is 0 Å². The number of aliphatic hydroxyl groups is 1. The molecule has 27 heavy (non-hydrogen) atoms. The molecule has 2 aromatic rings. The van der Waals surface area contributed by atoms with Gasteiger partial charge in [0.25, 0.3) is 5.91 Å². The van der Waals surface area contributed by atoms with Gasteiger partial charge in [0.1, 0.15) is 6.04 Å². The lowest BCUT2D eigenvalue weighted by molar-refractivity contribution is -0.134. The smallest absolute Gasteiger partial charge is 0.263 e. The summed E-state index contributed by atoms with van der Waals surface area (Å²) in [6.45, 7) is 3.57. The molecule has 5 heteroatoms. The monoisotopic (exact) mass is 366 g/mol. The average molecular weight is 366 g/mol. The molecule has 0 fully saturated rings. The van der Waals surface area contributed by atoms with Gasteiger partial charge in [-0.3, -0.25) is 15.3 Å². The first-order valence-corrected chi connectivity index (χ1v) is 9.10. The van der Waals surface area contributed by atoms with E-state index in [-0.39, 0.29) is 6.04 Å². The van der Waals surface area contributed by atoms with Gasteiger partial charge in [-0.2, -0.15) is 0 Å². The topological polar surface area (TPSA) is 81.6 Å². The number of hydroxylamine groups is 1. The van der Waals surface area contributed by atoms with Gasteiger partial charge in [-0.15, -0.1) is 0 Å². The Kier molecular flexibility index (Phi) is 8.02. The van der Waals surface area contributed by atoms with Crippen molar-refractivity contribution >= 4 is 5.91 Å². The van der Waals surface area contributed by atoms with Crippen LogP contribution in [0.2, 0.25) is 0 Å². The minimum Gasteiger partial charge on any atom is -0.391 e. The second kappa shape index (κ2) is 10.5. The zero-order valence-electron chi connectivity index (χ0n) is 15.6. The molecular weight excluding hydrogens is 340 g/mol. The Morgan fingerprint density at radius 2 is 1.63 bits per heavy atom. The van der Waals surface area contributed by atoms with E-state index in [9.17, 15) is 9.90 Å². The minimum atomic E-state index is -0.937. The zero-order chi connectivity index (χ0) is 19.6. The van der Waals surface area contributed by atoms with Gasteiger partial charge >= 0.3 is 0 Å². The molecule has 0 saturated carbocycles. The van der Waals surface area contributed by atoms with E-state index in [1.165, 1.54) is 6.92 Å². The van der Waals surface area contributed by atoms with Crippen molar-refractivity contribution in [2.45, 2.75) is 44.9 Å². The predicted octanol–water partition coefficient (Wildman–Crippen LogP) is 2.77. The molecule has 5 nitrogen and oxygen atoms in total. The number of nitrogens with one attached hydrogen (secondary N) is 2. The maximum atomic E-state index is 11.8. The summed E-state index contributed by atoms with van der Waals surface area (Å²) in [5.41, 5.74) is 4.47. The lowest BCUT2D eigenvalue weighted by Crippen LogP contribution is -2.50. The van der Waals surface area contributed by atoms with E-state index in [4.69, 9.17) is 5.21 Å². The van der Waals surface area contributed by atoms with Crippen molar-refractivity contribution in [2.24, 2.45) is 0 Å². The second-order valence-electron chi connectivity index (χ2n) is 6.44. The molecule has 0 saturated heterocycles. The Morgan fingerprint density at radius 3 is 2.15 bits per heavy atom. The van der Waals surface area contributed by atoms with E-state index in [0.29, 0.717) is 0 Å². The molecule has 0 bridgehead atoms. The van der Waals surface area contributed by atoms with Gasteiger partial charge in [-0.25, -0.2) is 5.48 Å². The summed E-state index contributed by atoms with van der Waals surface area (Å²) < 4.78 is 0. The van der Waals surface area contributed by atoms with Crippen LogP contribution in [0, 0.1) is 11.8 Å². The van der Waals surface area contributed by atoms with Gasteiger partial charge in [0, 0.05) is 17.2 Å². The maximum absolute atomic E-state index is 11.8. The number of hydrogen-bond donors (Lipinski definition) is 4. The molecule has 1 amide bonds. The van der Waals surface area contributed by atoms with Crippen molar-refractivity contribution < 1.29 is 15.1 Å². The van der Waals surface area contributed by atoms with Crippen LogP contribution in [-0.4, -0.2) is 28.4 Å². The molecule has 0 radical (unpaired) electrons. The van der Waals surface area contributed by atoms with Crippen molar-refractivity contribution in [1.82, 2.24) is 10.8 Å². The van der Waals surface area contributed by atoms with Gasteiger partial charge in [-0.05, 0) is 43.2 Å². The maximum Gasteiger partial charge on any atom is 0.263 e. The Labute approximate surface area is 160 Å². The highest BCUT2D eigenvalue weighted by Gasteiger charge is 2.26. The van der Waals surface area contributed by atoms with E-state index >= 15 is 0 Å². The van der Waals surface area contributed by atoms with E-state index < -0.39 is 18.1 Å². The number of aliphatic hydroxyl groups excluding tert-OH is 1. The summed E-state index contributed by atoms with van der Waals surface area (Å²) >= 11 is 0. The molecule has 4 N–H and O–H groups in total. The van der Waals surface area contributed by atoms with Gasteiger partial charge in [0.05, 0.1) is 6.10 Å². The van der Waals surface area contributed by atoms with Crippen LogP contribution in [0.1, 0.15) is 49.4 Å². The number of rotatable bonds is 7. The Morgan fingerprint density at radius 1 is 1.04 bits per heavy atom. The van der Waals surface area contributed by atoms with Crippen molar-refractivity contribution in [3.05, 3.63) is 71.3 Å². The van der Waals surface area contributed by atoms with E-state index in [2.05, 4.69) is 24.1 Å². The lowest BCUT2D eigenvalue weighted by Gasteiger charge is -2.26. The number of benzene rings is 2. The van der Waals surface area contributed by atoms with E-state index in [0.717, 1.165) is 29.5 Å². The molecular formula is C22H26N2O3. The van der Waals surface area contributed by atoms with Crippen LogP contribution < -0.4 is 10.8 Å². The third-order valence-electron chi connectivity index (χ3n) is 4.27. The first-order valence-electron chi connectivity index (χ1n) is 9.10. The van der Waals surface area contributed by atoms with Crippen LogP contribution >= 0.6 is 0 Å². The fourth-order valence-corrected chi connectivity index (χ4v) is 2.82. The number of carbonyl (C=O) groups excluding carboxylic acids is 1. The summed E-state index contributed by atoms with van der Waals surface area (Å²) in [6, 6.07) is 16.6. The van der Waals surface area contributed by atoms with Crippen molar-refractivity contribution in [3.8, 4) is 11.8 Å². The first kappa shape index (κ1) is 20.7. The van der Waals surface area contributed by atoms with Crippen molar-refractivity contribution in [2.75, 3.05) is 0 Å². The van der Waals surface area contributed by atoms with Gasteiger partial charge in [-0.1, -0.05) is 55.5 Å². The number of carbonyl (C=O) groups is 1. The fraction of sp³-hybridized carbons (Fsp3) is 0.318. The highest BCUT2D eigenvalue weighted by Crippen LogP contribution is 2.20. The Balaban J connectivity index is 2.15. The fourth-order valence-electron chi connectivity index (χ4n) is 2.82. The molecule has 0 heterocycles. The lowest BCUT2D eigenvalue weighted by atomic mass is 9.99.